The molecule has 0 saturated carbocycles. The van der Waals surface area contributed by atoms with Crippen LogP contribution in [0.15, 0.2) is 48.1 Å². The molecule has 0 N–H and O–H groups in total. The predicted octanol–water partition coefficient (Wildman–Crippen LogP) is 4.78. The zero-order chi connectivity index (χ0) is 12.4. The van der Waals surface area contributed by atoms with Gasteiger partial charge in [-0.25, -0.2) is 0 Å². The number of nitrogens with zero attached hydrogens (tertiary/aromatic N) is 1. The van der Waals surface area contributed by atoms with Crippen LogP contribution in [0.2, 0.25) is 0 Å². The molecule has 0 spiro atoms. The van der Waals surface area contributed by atoms with Crippen LogP contribution in [0, 0.1) is 0 Å². The molecule has 0 saturated heterocycles. The van der Waals surface area contributed by atoms with E-state index in [9.17, 15) is 0 Å². The van der Waals surface area contributed by atoms with Gasteiger partial charge in [0, 0.05) is 33.6 Å². The number of benzene rings is 1. The van der Waals surface area contributed by atoms with E-state index in [2.05, 4.69) is 28.6 Å². The topological polar surface area (TPSA) is 22.1 Å². The lowest BCUT2D eigenvalue weighted by Crippen LogP contribution is -1.90. The molecule has 3 aromatic rings. The van der Waals surface area contributed by atoms with Crippen LogP contribution < -0.4 is 4.74 Å². The molecule has 2 nitrogen and oxygen atoms in total. The van der Waals surface area contributed by atoms with Gasteiger partial charge in [-0.3, -0.25) is 4.98 Å². The number of pyridine rings is 1. The smallest absolute Gasteiger partial charge is 0.120 e. The van der Waals surface area contributed by atoms with Gasteiger partial charge in [0.2, 0.25) is 0 Å². The summed E-state index contributed by atoms with van der Waals surface area (Å²) in [4.78, 5) is 4.17. The standard InChI is InChI=1S/C15H13NOS.ClH/c1-2-17-12-5-6-13-14(10-18-15(13)8-12)11-4-3-7-16-9-11;/h3-10H,2H2,1H3;1H. The average molecular weight is 292 g/mol. The fourth-order valence-corrected chi connectivity index (χ4v) is 3.01. The van der Waals surface area contributed by atoms with E-state index in [-0.39, 0.29) is 12.4 Å². The van der Waals surface area contributed by atoms with Gasteiger partial charge in [0.25, 0.3) is 0 Å². The summed E-state index contributed by atoms with van der Waals surface area (Å²) in [5.74, 6) is 0.935. The molecule has 19 heavy (non-hydrogen) atoms. The molecule has 0 aliphatic carbocycles. The van der Waals surface area contributed by atoms with Crippen LogP contribution in [-0.4, -0.2) is 11.6 Å². The predicted molar refractivity (Wildman–Crippen MR) is 83.5 cm³/mol. The molecule has 0 unspecified atom stereocenters. The van der Waals surface area contributed by atoms with Gasteiger partial charge >= 0.3 is 0 Å². The van der Waals surface area contributed by atoms with Crippen molar-refractivity contribution in [1.82, 2.24) is 4.98 Å². The van der Waals surface area contributed by atoms with Gasteiger partial charge < -0.3 is 4.74 Å². The van der Waals surface area contributed by atoms with Crippen molar-refractivity contribution in [2.45, 2.75) is 6.92 Å². The molecule has 0 aliphatic rings. The van der Waals surface area contributed by atoms with Crippen molar-refractivity contribution in [3.63, 3.8) is 0 Å². The van der Waals surface area contributed by atoms with E-state index in [0.717, 1.165) is 11.3 Å². The van der Waals surface area contributed by atoms with Gasteiger partial charge in [-0.1, -0.05) is 6.07 Å². The number of halogens is 1. The molecule has 98 valence electrons. The normalized spacial score (nSPS) is 10.2. The molecule has 3 rings (SSSR count). The van der Waals surface area contributed by atoms with Crippen LogP contribution in [0.4, 0.5) is 0 Å². The highest BCUT2D eigenvalue weighted by Crippen LogP contribution is 2.35. The summed E-state index contributed by atoms with van der Waals surface area (Å²) in [5.41, 5.74) is 2.40. The fourth-order valence-electron chi connectivity index (χ4n) is 2.01. The quantitative estimate of drug-likeness (QED) is 0.692. The van der Waals surface area contributed by atoms with Crippen LogP contribution in [0.3, 0.4) is 0 Å². The van der Waals surface area contributed by atoms with Crippen LogP contribution in [-0.2, 0) is 0 Å². The highest BCUT2D eigenvalue weighted by molar-refractivity contribution is 7.17. The first-order valence-electron chi connectivity index (χ1n) is 5.93. The maximum absolute atomic E-state index is 5.52. The Bertz CT molecular complexity index is 666. The van der Waals surface area contributed by atoms with E-state index < -0.39 is 0 Å². The lowest BCUT2D eigenvalue weighted by Gasteiger charge is -2.03. The summed E-state index contributed by atoms with van der Waals surface area (Å²) < 4.78 is 6.77. The Hall–Kier alpha value is -1.58. The molecule has 2 aromatic heterocycles. The van der Waals surface area contributed by atoms with Gasteiger partial charge in [0.15, 0.2) is 0 Å². The van der Waals surface area contributed by atoms with Gasteiger partial charge in [-0.2, -0.15) is 0 Å². The fraction of sp³-hybridized carbons (Fsp3) is 0.133. The molecule has 0 fully saturated rings. The molecule has 1 aromatic carbocycles. The van der Waals surface area contributed by atoms with E-state index in [1.54, 1.807) is 17.5 Å². The van der Waals surface area contributed by atoms with Gasteiger partial charge in [-0.15, -0.1) is 23.7 Å². The number of hydrogen-bond donors (Lipinski definition) is 0. The van der Waals surface area contributed by atoms with Crippen LogP contribution >= 0.6 is 23.7 Å². The molecule has 0 radical (unpaired) electrons. The number of aromatic nitrogens is 1. The minimum absolute atomic E-state index is 0. The lowest BCUT2D eigenvalue weighted by molar-refractivity contribution is 0.341. The Balaban J connectivity index is 0.00000133. The second-order valence-electron chi connectivity index (χ2n) is 3.98. The first kappa shape index (κ1) is 13.8. The molecule has 0 bridgehead atoms. The monoisotopic (exact) mass is 291 g/mol. The van der Waals surface area contributed by atoms with Crippen LogP contribution in [0.25, 0.3) is 21.2 Å². The van der Waals surface area contributed by atoms with E-state index >= 15 is 0 Å². The largest absolute Gasteiger partial charge is 0.494 e. The Morgan fingerprint density at radius 2 is 2.16 bits per heavy atom. The molecule has 0 atom stereocenters. The third-order valence-corrected chi connectivity index (χ3v) is 3.78. The maximum atomic E-state index is 5.52. The van der Waals surface area contributed by atoms with Gasteiger partial charge in [-0.05, 0) is 36.6 Å². The zero-order valence-electron chi connectivity index (χ0n) is 10.5. The molecular formula is C15H14ClNOS. The van der Waals surface area contributed by atoms with Crippen LogP contribution in [0.1, 0.15) is 6.92 Å². The van der Waals surface area contributed by atoms with E-state index in [4.69, 9.17) is 4.74 Å². The van der Waals surface area contributed by atoms with E-state index in [0.29, 0.717) is 6.61 Å². The highest BCUT2D eigenvalue weighted by Gasteiger charge is 2.07. The van der Waals surface area contributed by atoms with Crippen molar-refractivity contribution in [2.75, 3.05) is 6.61 Å². The highest BCUT2D eigenvalue weighted by atomic mass is 35.5. The third-order valence-electron chi connectivity index (χ3n) is 2.83. The summed E-state index contributed by atoms with van der Waals surface area (Å²) in [6.07, 6.45) is 3.70. The second-order valence-corrected chi connectivity index (χ2v) is 4.89. The van der Waals surface area contributed by atoms with Crippen molar-refractivity contribution in [1.29, 1.82) is 0 Å². The Kier molecular flexibility index (Phi) is 4.40. The first-order chi connectivity index (χ1) is 8.88. The summed E-state index contributed by atoms with van der Waals surface area (Å²) >= 11 is 1.74. The molecule has 2 heterocycles. The van der Waals surface area contributed by atoms with Crippen molar-refractivity contribution >= 4 is 33.8 Å². The molecule has 0 amide bonds. The van der Waals surface area contributed by atoms with Crippen molar-refractivity contribution in [3.8, 4) is 16.9 Å². The summed E-state index contributed by atoms with van der Waals surface area (Å²) in [6, 6.07) is 10.3. The number of ether oxygens (including phenoxy) is 1. The Morgan fingerprint density at radius 1 is 1.26 bits per heavy atom. The lowest BCUT2D eigenvalue weighted by atomic mass is 10.1. The SMILES string of the molecule is CCOc1ccc2c(-c3cccnc3)csc2c1.Cl. The summed E-state index contributed by atoms with van der Waals surface area (Å²) in [6.45, 7) is 2.70. The van der Waals surface area contributed by atoms with E-state index in [1.807, 2.05) is 25.3 Å². The Morgan fingerprint density at radius 3 is 2.89 bits per heavy atom. The number of hydrogen-bond acceptors (Lipinski definition) is 3. The minimum Gasteiger partial charge on any atom is -0.494 e. The number of thiophene rings is 1. The Labute approximate surface area is 122 Å². The van der Waals surface area contributed by atoms with Crippen molar-refractivity contribution in [2.24, 2.45) is 0 Å². The summed E-state index contributed by atoms with van der Waals surface area (Å²) in [5, 5.41) is 3.44. The van der Waals surface area contributed by atoms with Crippen molar-refractivity contribution < 1.29 is 4.74 Å². The molecular weight excluding hydrogens is 278 g/mol. The summed E-state index contributed by atoms with van der Waals surface area (Å²) in [7, 11) is 0. The number of rotatable bonds is 3. The van der Waals surface area contributed by atoms with Gasteiger partial charge in [0.05, 0.1) is 6.61 Å². The van der Waals surface area contributed by atoms with Gasteiger partial charge in [0.1, 0.15) is 5.75 Å². The molecule has 4 heteroatoms. The van der Waals surface area contributed by atoms with Crippen LogP contribution in [0.5, 0.6) is 5.75 Å². The van der Waals surface area contributed by atoms with Crippen molar-refractivity contribution in [3.05, 3.63) is 48.1 Å². The third kappa shape index (κ3) is 2.72. The average Bonchev–Trinajstić information content (AvgIpc) is 2.83. The zero-order valence-corrected chi connectivity index (χ0v) is 12.1. The maximum Gasteiger partial charge on any atom is 0.120 e. The first-order valence-corrected chi connectivity index (χ1v) is 6.81. The second kappa shape index (κ2) is 6.04. The number of fused-ring (bicyclic) bond motifs is 1. The molecule has 0 aliphatic heterocycles. The minimum atomic E-state index is 0. The van der Waals surface area contributed by atoms with E-state index in [1.165, 1.54) is 15.6 Å².